The Bertz CT molecular complexity index is 798. The van der Waals surface area contributed by atoms with Crippen LogP contribution in [-0.4, -0.2) is 11.9 Å². The molecule has 1 atom stereocenters. The SMILES string of the molecule is N#Cc1ccc(O[C@@H](C(=O)NC2CC2)c2ccc(F)cc2)c(Cl)c1. The maximum absolute atomic E-state index is 13.2. The van der Waals surface area contributed by atoms with E-state index < -0.39 is 11.9 Å². The van der Waals surface area contributed by atoms with Crippen molar-refractivity contribution in [2.45, 2.75) is 25.0 Å². The van der Waals surface area contributed by atoms with Crippen molar-refractivity contribution in [1.82, 2.24) is 5.32 Å². The molecular formula is C18H14ClFN2O2. The second-order valence-corrected chi connectivity index (χ2v) is 6.00. The molecular weight excluding hydrogens is 331 g/mol. The van der Waals surface area contributed by atoms with Gasteiger partial charge in [0, 0.05) is 11.6 Å². The number of carbonyl (C=O) groups excluding carboxylic acids is 1. The molecule has 0 heterocycles. The normalized spacial score (nSPS) is 14.5. The van der Waals surface area contributed by atoms with Crippen LogP contribution in [0.4, 0.5) is 4.39 Å². The van der Waals surface area contributed by atoms with Crippen molar-refractivity contribution in [3.05, 3.63) is 64.4 Å². The van der Waals surface area contributed by atoms with Crippen molar-refractivity contribution in [2.75, 3.05) is 0 Å². The Balaban J connectivity index is 1.87. The van der Waals surface area contributed by atoms with E-state index in [2.05, 4.69) is 5.32 Å². The van der Waals surface area contributed by atoms with Gasteiger partial charge >= 0.3 is 0 Å². The molecule has 0 aromatic heterocycles. The molecule has 1 N–H and O–H groups in total. The number of benzene rings is 2. The predicted molar refractivity (Wildman–Crippen MR) is 87.1 cm³/mol. The van der Waals surface area contributed by atoms with Crippen LogP contribution in [0.15, 0.2) is 42.5 Å². The number of halogens is 2. The summed E-state index contributed by atoms with van der Waals surface area (Å²) in [6.45, 7) is 0. The number of hydrogen-bond acceptors (Lipinski definition) is 3. The molecule has 0 unspecified atom stereocenters. The lowest BCUT2D eigenvalue weighted by Crippen LogP contribution is -2.33. The number of rotatable bonds is 5. The first-order chi connectivity index (χ1) is 11.6. The molecule has 2 aromatic rings. The maximum Gasteiger partial charge on any atom is 0.266 e. The highest BCUT2D eigenvalue weighted by atomic mass is 35.5. The first-order valence-corrected chi connectivity index (χ1v) is 7.87. The summed E-state index contributed by atoms with van der Waals surface area (Å²) >= 11 is 6.12. The number of carbonyl (C=O) groups is 1. The second-order valence-electron chi connectivity index (χ2n) is 5.59. The summed E-state index contributed by atoms with van der Waals surface area (Å²) in [4.78, 5) is 12.5. The van der Waals surface area contributed by atoms with Gasteiger partial charge in [0.05, 0.1) is 16.7 Å². The Hall–Kier alpha value is -2.58. The van der Waals surface area contributed by atoms with Crippen LogP contribution >= 0.6 is 11.6 Å². The van der Waals surface area contributed by atoms with E-state index in [9.17, 15) is 9.18 Å². The minimum Gasteiger partial charge on any atom is -0.474 e. The molecule has 1 fully saturated rings. The van der Waals surface area contributed by atoms with Crippen LogP contribution in [0.1, 0.15) is 30.1 Å². The quantitative estimate of drug-likeness (QED) is 0.898. The van der Waals surface area contributed by atoms with Gasteiger partial charge in [0.25, 0.3) is 5.91 Å². The Labute approximate surface area is 143 Å². The van der Waals surface area contributed by atoms with Gasteiger partial charge in [-0.25, -0.2) is 4.39 Å². The zero-order valence-electron chi connectivity index (χ0n) is 12.6. The Kier molecular flexibility index (Phi) is 4.68. The smallest absolute Gasteiger partial charge is 0.266 e. The van der Waals surface area contributed by atoms with Gasteiger partial charge in [-0.2, -0.15) is 5.26 Å². The number of ether oxygens (including phenoxy) is 1. The summed E-state index contributed by atoms with van der Waals surface area (Å²) in [6.07, 6.45) is 0.940. The van der Waals surface area contributed by atoms with Crippen LogP contribution < -0.4 is 10.1 Å². The third-order valence-electron chi connectivity index (χ3n) is 3.64. The lowest BCUT2D eigenvalue weighted by Gasteiger charge is -2.20. The number of amides is 1. The summed E-state index contributed by atoms with van der Waals surface area (Å²) < 4.78 is 18.9. The van der Waals surface area contributed by atoms with Crippen LogP contribution in [0.5, 0.6) is 5.75 Å². The number of nitriles is 1. The van der Waals surface area contributed by atoms with Crippen molar-refractivity contribution in [3.63, 3.8) is 0 Å². The van der Waals surface area contributed by atoms with Gasteiger partial charge < -0.3 is 10.1 Å². The fourth-order valence-corrected chi connectivity index (χ4v) is 2.43. The van der Waals surface area contributed by atoms with Gasteiger partial charge in [-0.3, -0.25) is 4.79 Å². The van der Waals surface area contributed by atoms with Crippen molar-refractivity contribution in [2.24, 2.45) is 0 Å². The third-order valence-corrected chi connectivity index (χ3v) is 3.94. The average Bonchev–Trinajstić information content (AvgIpc) is 3.38. The number of nitrogens with zero attached hydrogens (tertiary/aromatic N) is 1. The standard InChI is InChI=1S/C18H14ClFN2O2/c19-15-9-11(10-21)1-8-16(15)24-17(18(23)22-14-6-7-14)12-2-4-13(20)5-3-12/h1-5,8-9,14,17H,6-7H2,(H,22,23)/t17-/m1/s1. The van der Waals surface area contributed by atoms with Crippen molar-refractivity contribution in [3.8, 4) is 11.8 Å². The van der Waals surface area contributed by atoms with Crippen LogP contribution in [0.3, 0.4) is 0 Å². The lowest BCUT2D eigenvalue weighted by atomic mass is 10.1. The molecule has 0 spiro atoms. The van der Waals surface area contributed by atoms with E-state index in [1.807, 2.05) is 6.07 Å². The topological polar surface area (TPSA) is 62.1 Å². The minimum absolute atomic E-state index is 0.167. The Morgan fingerprint density at radius 1 is 1.29 bits per heavy atom. The van der Waals surface area contributed by atoms with Crippen LogP contribution in [0.25, 0.3) is 0 Å². The first kappa shape index (κ1) is 16.3. The second kappa shape index (κ2) is 6.90. The van der Waals surface area contributed by atoms with Gasteiger partial charge in [-0.1, -0.05) is 23.7 Å². The summed E-state index contributed by atoms with van der Waals surface area (Å²) in [5, 5.41) is 12.0. The molecule has 24 heavy (non-hydrogen) atoms. The molecule has 4 nitrogen and oxygen atoms in total. The molecule has 0 saturated heterocycles. The molecule has 122 valence electrons. The molecule has 1 saturated carbocycles. The predicted octanol–water partition coefficient (Wildman–Crippen LogP) is 3.75. The summed E-state index contributed by atoms with van der Waals surface area (Å²) in [6, 6.07) is 12.3. The van der Waals surface area contributed by atoms with Gasteiger partial charge in [0.2, 0.25) is 6.10 Å². The number of nitrogens with one attached hydrogen (secondary N) is 1. The van der Waals surface area contributed by atoms with E-state index in [0.29, 0.717) is 11.1 Å². The van der Waals surface area contributed by atoms with Gasteiger partial charge in [-0.15, -0.1) is 0 Å². The molecule has 1 amide bonds. The fourth-order valence-electron chi connectivity index (χ4n) is 2.21. The summed E-state index contributed by atoms with van der Waals surface area (Å²) in [5.74, 6) is -0.406. The van der Waals surface area contributed by atoms with Crippen molar-refractivity contribution in [1.29, 1.82) is 5.26 Å². The van der Waals surface area contributed by atoms with Crippen LogP contribution in [0.2, 0.25) is 5.02 Å². The van der Waals surface area contributed by atoms with Crippen molar-refractivity contribution >= 4 is 17.5 Å². The lowest BCUT2D eigenvalue weighted by molar-refractivity contribution is -0.128. The van der Waals surface area contributed by atoms with Gasteiger partial charge in [0.1, 0.15) is 11.6 Å². The Morgan fingerprint density at radius 3 is 2.58 bits per heavy atom. The summed E-state index contributed by atoms with van der Waals surface area (Å²) in [5.41, 5.74) is 0.920. The van der Waals surface area contributed by atoms with Crippen molar-refractivity contribution < 1.29 is 13.9 Å². The highest BCUT2D eigenvalue weighted by molar-refractivity contribution is 6.32. The molecule has 0 bridgehead atoms. The highest BCUT2D eigenvalue weighted by Crippen LogP contribution is 2.31. The van der Waals surface area contributed by atoms with Crippen LogP contribution in [-0.2, 0) is 4.79 Å². The van der Waals surface area contributed by atoms with E-state index in [1.165, 1.54) is 30.3 Å². The van der Waals surface area contributed by atoms with Gasteiger partial charge in [0.15, 0.2) is 0 Å². The molecule has 3 rings (SSSR count). The third kappa shape index (κ3) is 3.84. The van der Waals surface area contributed by atoms with Gasteiger partial charge in [-0.05, 0) is 43.2 Å². The molecule has 0 aliphatic heterocycles. The van der Waals surface area contributed by atoms with Crippen LogP contribution in [0, 0.1) is 17.1 Å². The molecule has 6 heteroatoms. The summed E-state index contributed by atoms with van der Waals surface area (Å²) in [7, 11) is 0. The Morgan fingerprint density at radius 2 is 2.00 bits per heavy atom. The molecule has 1 aliphatic carbocycles. The molecule has 2 aromatic carbocycles. The zero-order valence-corrected chi connectivity index (χ0v) is 13.4. The van der Waals surface area contributed by atoms with E-state index in [4.69, 9.17) is 21.6 Å². The monoisotopic (exact) mass is 344 g/mol. The molecule has 0 radical (unpaired) electrons. The fraction of sp³-hybridized carbons (Fsp3) is 0.222. The maximum atomic E-state index is 13.2. The first-order valence-electron chi connectivity index (χ1n) is 7.49. The highest BCUT2D eigenvalue weighted by Gasteiger charge is 2.30. The average molecular weight is 345 g/mol. The van der Waals surface area contributed by atoms with E-state index >= 15 is 0 Å². The number of hydrogen-bond donors (Lipinski definition) is 1. The largest absolute Gasteiger partial charge is 0.474 e. The van der Waals surface area contributed by atoms with E-state index in [-0.39, 0.29) is 22.7 Å². The van der Waals surface area contributed by atoms with E-state index in [1.54, 1.807) is 12.1 Å². The zero-order chi connectivity index (χ0) is 17.1. The minimum atomic E-state index is -0.948. The molecule has 1 aliphatic rings. The van der Waals surface area contributed by atoms with E-state index in [0.717, 1.165) is 12.8 Å².